The van der Waals surface area contributed by atoms with Gasteiger partial charge in [-0.2, -0.15) is 0 Å². The van der Waals surface area contributed by atoms with E-state index in [1.807, 2.05) is 47.7 Å². The molecule has 2 N–H and O–H groups in total. The normalized spacial score (nSPS) is 15.6. The lowest BCUT2D eigenvalue weighted by Gasteiger charge is -2.35. The average molecular weight is 454 g/mol. The molecule has 2 aromatic carbocycles. The van der Waals surface area contributed by atoms with E-state index >= 15 is 0 Å². The second kappa shape index (κ2) is 10.3. The number of benzene rings is 2. The number of nitrogens with zero attached hydrogens (tertiary/aromatic N) is 1. The molecule has 31 heavy (non-hydrogen) atoms. The third-order valence-electron chi connectivity index (χ3n) is 5.72. The Labute approximate surface area is 193 Å². The standard InChI is InChI=1S/C25H28ClN3OS/c1-18(24-6-3-15-31-24)27-22-11-13-29(14-12-22)23-9-7-21(8-10-23)28-25(30)17-19-4-2-5-20(26)16-19/h2-10,15-16,18,22,27H,11-14,17H2,1H3,(H,28,30). The fraction of sp³-hybridized carbons (Fsp3) is 0.320. The van der Waals surface area contributed by atoms with Crippen LogP contribution in [-0.4, -0.2) is 25.0 Å². The molecule has 0 radical (unpaired) electrons. The van der Waals surface area contributed by atoms with Gasteiger partial charge >= 0.3 is 0 Å². The molecule has 0 aliphatic carbocycles. The van der Waals surface area contributed by atoms with Gasteiger partial charge in [0.15, 0.2) is 0 Å². The van der Waals surface area contributed by atoms with Crippen molar-refractivity contribution in [1.82, 2.24) is 5.32 Å². The topological polar surface area (TPSA) is 44.4 Å². The lowest BCUT2D eigenvalue weighted by molar-refractivity contribution is -0.115. The summed E-state index contributed by atoms with van der Waals surface area (Å²) in [5.74, 6) is -0.0400. The van der Waals surface area contributed by atoms with Gasteiger partial charge in [0, 0.05) is 46.4 Å². The Kier molecular flexibility index (Phi) is 7.28. The Balaban J connectivity index is 1.25. The molecule has 1 fully saturated rings. The van der Waals surface area contributed by atoms with Gasteiger partial charge in [-0.15, -0.1) is 11.3 Å². The number of rotatable bonds is 7. The van der Waals surface area contributed by atoms with Gasteiger partial charge in [0.25, 0.3) is 0 Å². The molecule has 0 saturated carbocycles. The van der Waals surface area contributed by atoms with E-state index in [1.54, 1.807) is 0 Å². The summed E-state index contributed by atoms with van der Waals surface area (Å²) in [6, 6.07) is 20.8. The SMILES string of the molecule is CC(NC1CCN(c2ccc(NC(=O)Cc3cccc(Cl)c3)cc2)CC1)c1cccs1. The fourth-order valence-electron chi connectivity index (χ4n) is 4.07. The molecule has 1 saturated heterocycles. The lowest BCUT2D eigenvalue weighted by atomic mass is 10.0. The number of thiophene rings is 1. The molecule has 162 valence electrons. The fourth-order valence-corrected chi connectivity index (χ4v) is 5.03. The predicted octanol–water partition coefficient (Wildman–Crippen LogP) is 5.90. The van der Waals surface area contributed by atoms with Crippen molar-refractivity contribution in [3.8, 4) is 0 Å². The molecule has 1 amide bonds. The highest BCUT2D eigenvalue weighted by Crippen LogP contribution is 2.25. The van der Waals surface area contributed by atoms with E-state index in [1.165, 1.54) is 10.6 Å². The first-order valence-electron chi connectivity index (χ1n) is 10.8. The minimum Gasteiger partial charge on any atom is -0.371 e. The number of nitrogens with one attached hydrogen (secondary N) is 2. The molecule has 1 atom stereocenters. The van der Waals surface area contributed by atoms with Crippen LogP contribution in [0.1, 0.15) is 36.2 Å². The summed E-state index contributed by atoms with van der Waals surface area (Å²) in [5, 5.41) is 9.53. The minimum atomic E-state index is -0.0400. The molecular formula is C25H28ClN3OS. The summed E-state index contributed by atoms with van der Waals surface area (Å²) in [7, 11) is 0. The summed E-state index contributed by atoms with van der Waals surface area (Å²) in [5.41, 5.74) is 2.93. The van der Waals surface area contributed by atoms with Crippen molar-refractivity contribution in [3.05, 3.63) is 81.5 Å². The molecule has 1 aliphatic heterocycles. The summed E-state index contributed by atoms with van der Waals surface area (Å²) < 4.78 is 0. The molecule has 0 spiro atoms. The highest BCUT2D eigenvalue weighted by molar-refractivity contribution is 7.10. The van der Waals surface area contributed by atoms with Crippen molar-refractivity contribution < 1.29 is 4.79 Å². The van der Waals surface area contributed by atoms with Gasteiger partial charge in [0.2, 0.25) is 5.91 Å². The third-order valence-corrected chi connectivity index (χ3v) is 7.01. The Hall–Kier alpha value is -2.34. The van der Waals surface area contributed by atoms with Crippen molar-refractivity contribution >= 4 is 40.2 Å². The molecule has 1 aliphatic rings. The van der Waals surface area contributed by atoms with Crippen LogP contribution in [0.25, 0.3) is 0 Å². The zero-order chi connectivity index (χ0) is 21.6. The van der Waals surface area contributed by atoms with Crippen molar-refractivity contribution in [2.75, 3.05) is 23.3 Å². The largest absolute Gasteiger partial charge is 0.371 e. The monoisotopic (exact) mass is 453 g/mol. The molecule has 1 aromatic heterocycles. The number of anilines is 2. The zero-order valence-corrected chi connectivity index (χ0v) is 19.3. The average Bonchev–Trinajstić information content (AvgIpc) is 3.30. The highest BCUT2D eigenvalue weighted by Gasteiger charge is 2.21. The molecule has 2 heterocycles. The van der Waals surface area contributed by atoms with Crippen molar-refractivity contribution in [2.45, 2.75) is 38.3 Å². The Morgan fingerprint density at radius 3 is 2.58 bits per heavy atom. The first-order valence-corrected chi connectivity index (χ1v) is 12.0. The Bertz CT molecular complexity index is 982. The number of hydrogen-bond acceptors (Lipinski definition) is 4. The van der Waals surface area contributed by atoms with Crippen LogP contribution in [0.2, 0.25) is 5.02 Å². The number of hydrogen-bond donors (Lipinski definition) is 2. The van der Waals surface area contributed by atoms with Crippen molar-refractivity contribution in [1.29, 1.82) is 0 Å². The van der Waals surface area contributed by atoms with E-state index in [2.05, 4.69) is 52.1 Å². The van der Waals surface area contributed by atoms with Gasteiger partial charge < -0.3 is 15.5 Å². The van der Waals surface area contributed by atoms with Crippen LogP contribution in [0.4, 0.5) is 11.4 Å². The maximum atomic E-state index is 12.3. The predicted molar refractivity (Wildman–Crippen MR) is 131 cm³/mol. The number of carbonyl (C=O) groups is 1. The van der Waals surface area contributed by atoms with Gasteiger partial charge in [0.1, 0.15) is 0 Å². The van der Waals surface area contributed by atoms with Gasteiger partial charge in [-0.3, -0.25) is 4.79 Å². The van der Waals surface area contributed by atoms with Gasteiger partial charge in [-0.1, -0.05) is 29.8 Å². The van der Waals surface area contributed by atoms with E-state index in [4.69, 9.17) is 11.6 Å². The lowest BCUT2D eigenvalue weighted by Crippen LogP contribution is -2.43. The number of halogens is 1. The summed E-state index contributed by atoms with van der Waals surface area (Å²) >= 11 is 7.81. The Morgan fingerprint density at radius 2 is 1.90 bits per heavy atom. The smallest absolute Gasteiger partial charge is 0.228 e. The number of amides is 1. The van der Waals surface area contributed by atoms with Crippen LogP contribution >= 0.6 is 22.9 Å². The third kappa shape index (κ3) is 6.10. The number of piperidine rings is 1. The van der Waals surface area contributed by atoms with E-state index in [0.717, 1.165) is 37.2 Å². The maximum absolute atomic E-state index is 12.3. The van der Waals surface area contributed by atoms with Crippen LogP contribution in [-0.2, 0) is 11.2 Å². The van der Waals surface area contributed by atoms with Crippen LogP contribution in [0.3, 0.4) is 0 Å². The van der Waals surface area contributed by atoms with E-state index < -0.39 is 0 Å². The second-order valence-electron chi connectivity index (χ2n) is 8.07. The first-order chi connectivity index (χ1) is 15.1. The summed E-state index contributed by atoms with van der Waals surface area (Å²) in [4.78, 5) is 16.1. The van der Waals surface area contributed by atoms with Gasteiger partial charge in [-0.25, -0.2) is 0 Å². The molecule has 0 bridgehead atoms. The van der Waals surface area contributed by atoms with E-state index in [9.17, 15) is 4.79 Å². The minimum absolute atomic E-state index is 0.0400. The zero-order valence-electron chi connectivity index (χ0n) is 17.7. The van der Waals surface area contributed by atoms with Gasteiger partial charge in [-0.05, 0) is 73.2 Å². The quantitative estimate of drug-likeness (QED) is 0.468. The van der Waals surface area contributed by atoms with Crippen LogP contribution < -0.4 is 15.5 Å². The molecule has 6 heteroatoms. The molecule has 4 nitrogen and oxygen atoms in total. The molecule has 4 rings (SSSR count). The van der Waals surface area contributed by atoms with Crippen LogP contribution in [0.5, 0.6) is 0 Å². The second-order valence-corrected chi connectivity index (χ2v) is 9.48. The van der Waals surface area contributed by atoms with Crippen LogP contribution in [0.15, 0.2) is 66.0 Å². The molecule has 1 unspecified atom stereocenters. The highest BCUT2D eigenvalue weighted by atomic mass is 35.5. The van der Waals surface area contributed by atoms with Crippen molar-refractivity contribution in [3.63, 3.8) is 0 Å². The first kappa shape index (κ1) is 21.9. The van der Waals surface area contributed by atoms with E-state index in [-0.39, 0.29) is 5.91 Å². The molecule has 3 aromatic rings. The maximum Gasteiger partial charge on any atom is 0.228 e. The van der Waals surface area contributed by atoms with Gasteiger partial charge in [0.05, 0.1) is 6.42 Å². The Morgan fingerprint density at radius 1 is 1.13 bits per heavy atom. The van der Waals surface area contributed by atoms with Crippen LogP contribution in [0, 0.1) is 0 Å². The summed E-state index contributed by atoms with van der Waals surface area (Å²) in [6.45, 7) is 4.32. The van der Waals surface area contributed by atoms with E-state index in [0.29, 0.717) is 23.5 Å². The number of carbonyl (C=O) groups excluding carboxylic acids is 1. The van der Waals surface area contributed by atoms with Crippen molar-refractivity contribution in [2.24, 2.45) is 0 Å². The molecular weight excluding hydrogens is 426 g/mol. The summed E-state index contributed by atoms with van der Waals surface area (Å²) in [6.07, 6.45) is 2.58.